The zero-order valence-electron chi connectivity index (χ0n) is 8.51. The summed E-state index contributed by atoms with van der Waals surface area (Å²) in [6.07, 6.45) is -3.06. The van der Waals surface area contributed by atoms with Crippen molar-refractivity contribution in [2.75, 3.05) is 11.9 Å². The Morgan fingerprint density at radius 3 is 2.75 bits per heavy atom. The molecule has 1 atom stereocenters. The summed E-state index contributed by atoms with van der Waals surface area (Å²) in [6.45, 7) is 0.000459. The van der Waals surface area contributed by atoms with Crippen molar-refractivity contribution in [3.63, 3.8) is 0 Å². The minimum Gasteiger partial charge on any atom is -0.394 e. The minimum absolute atomic E-state index is 0.000459. The summed E-state index contributed by atoms with van der Waals surface area (Å²) < 4.78 is 37.3. The van der Waals surface area contributed by atoms with Crippen molar-refractivity contribution >= 4 is 5.69 Å². The molecule has 1 aliphatic heterocycles. The molecular formula is C11H12F3NO. The second kappa shape index (κ2) is 3.97. The van der Waals surface area contributed by atoms with E-state index in [4.69, 9.17) is 5.11 Å². The van der Waals surface area contributed by atoms with Gasteiger partial charge in [0.15, 0.2) is 0 Å². The van der Waals surface area contributed by atoms with Gasteiger partial charge in [-0.3, -0.25) is 0 Å². The van der Waals surface area contributed by atoms with Crippen molar-refractivity contribution in [2.45, 2.75) is 25.1 Å². The predicted molar refractivity (Wildman–Crippen MR) is 54.3 cm³/mol. The molecule has 0 saturated carbocycles. The summed E-state index contributed by atoms with van der Waals surface area (Å²) in [4.78, 5) is 0. The van der Waals surface area contributed by atoms with Crippen molar-refractivity contribution in [3.05, 3.63) is 29.3 Å². The van der Waals surface area contributed by atoms with Gasteiger partial charge in [0.1, 0.15) is 0 Å². The molecule has 0 bridgehead atoms. The molecule has 0 spiro atoms. The fraction of sp³-hybridized carbons (Fsp3) is 0.455. The fourth-order valence-corrected chi connectivity index (χ4v) is 1.88. The molecule has 1 heterocycles. The van der Waals surface area contributed by atoms with Crippen LogP contribution in [-0.4, -0.2) is 17.8 Å². The number of anilines is 1. The predicted octanol–water partition coefficient (Wildman–Crippen LogP) is 2.42. The summed E-state index contributed by atoms with van der Waals surface area (Å²) in [7, 11) is 0. The highest BCUT2D eigenvalue weighted by Gasteiger charge is 2.31. The fourth-order valence-electron chi connectivity index (χ4n) is 1.88. The summed E-state index contributed by atoms with van der Waals surface area (Å²) in [5.41, 5.74) is 0.744. The molecule has 1 unspecified atom stereocenters. The Kier molecular flexibility index (Phi) is 2.80. The van der Waals surface area contributed by atoms with E-state index in [2.05, 4.69) is 5.32 Å². The van der Waals surface area contributed by atoms with Crippen molar-refractivity contribution in [1.29, 1.82) is 0 Å². The van der Waals surface area contributed by atoms with E-state index in [1.165, 1.54) is 12.1 Å². The number of benzene rings is 1. The smallest absolute Gasteiger partial charge is 0.394 e. The maximum atomic E-state index is 12.4. The number of hydrogen-bond acceptors (Lipinski definition) is 2. The highest BCUT2D eigenvalue weighted by Crippen LogP contribution is 2.33. The zero-order chi connectivity index (χ0) is 11.8. The lowest BCUT2D eigenvalue weighted by molar-refractivity contribution is -0.137. The molecule has 0 amide bonds. The van der Waals surface area contributed by atoms with Crippen LogP contribution in [0.4, 0.5) is 18.9 Å². The van der Waals surface area contributed by atoms with E-state index in [1.807, 2.05) is 0 Å². The van der Waals surface area contributed by atoms with Crippen LogP contribution in [0.2, 0.25) is 0 Å². The Morgan fingerprint density at radius 1 is 1.38 bits per heavy atom. The maximum Gasteiger partial charge on any atom is 0.416 e. The molecule has 16 heavy (non-hydrogen) atoms. The van der Waals surface area contributed by atoms with Crippen LogP contribution in [-0.2, 0) is 12.6 Å². The molecule has 0 aliphatic carbocycles. The molecule has 0 fully saturated rings. The number of aliphatic hydroxyl groups is 1. The van der Waals surface area contributed by atoms with Gasteiger partial charge in [-0.1, -0.05) is 0 Å². The minimum atomic E-state index is -4.29. The van der Waals surface area contributed by atoms with Crippen molar-refractivity contribution < 1.29 is 18.3 Å². The lowest BCUT2D eigenvalue weighted by Gasteiger charge is -2.26. The van der Waals surface area contributed by atoms with Gasteiger partial charge in [-0.05, 0) is 36.6 Å². The number of halogens is 3. The molecule has 0 aromatic heterocycles. The summed E-state index contributed by atoms with van der Waals surface area (Å²) in [6, 6.07) is 3.62. The van der Waals surface area contributed by atoms with Crippen LogP contribution >= 0.6 is 0 Å². The van der Waals surface area contributed by atoms with Gasteiger partial charge in [0.2, 0.25) is 0 Å². The Bertz CT molecular complexity index is 389. The van der Waals surface area contributed by atoms with Crippen LogP contribution in [0.3, 0.4) is 0 Å². The average Bonchev–Trinajstić information content (AvgIpc) is 2.26. The van der Waals surface area contributed by atoms with Gasteiger partial charge in [-0.2, -0.15) is 13.2 Å². The lowest BCUT2D eigenvalue weighted by Crippen LogP contribution is -2.28. The third-order valence-electron chi connectivity index (χ3n) is 2.77. The van der Waals surface area contributed by atoms with Crippen molar-refractivity contribution in [2.24, 2.45) is 0 Å². The van der Waals surface area contributed by atoms with E-state index in [0.717, 1.165) is 6.07 Å². The van der Waals surface area contributed by atoms with Crippen LogP contribution in [0.25, 0.3) is 0 Å². The molecule has 1 aliphatic rings. The van der Waals surface area contributed by atoms with Crippen molar-refractivity contribution in [1.82, 2.24) is 0 Å². The van der Waals surface area contributed by atoms with Crippen LogP contribution in [0.15, 0.2) is 18.2 Å². The lowest BCUT2D eigenvalue weighted by atomic mass is 9.96. The first-order valence-electron chi connectivity index (χ1n) is 5.08. The van der Waals surface area contributed by atoms with Gasteiger partial charge in [-0.15, -0.1) is 0 Å². The third-order valence-corrected chi connectivity index (χ3v) is 2.77. The van der Waals surface area contributed by atoms with Gasteiger partial charge in [0.25, 0.3) is 0 Å². The largest absolute Gasteiger partial charge is 0.416 e. The third kappa shape index (κ3) is 2.14. The first kappa shape index (κ1) is 11.3. The van der Waals surface area contributed by atoms with Crippen molar-refractivity contribution in [3.8, 4) is 0 Å². The van der Waals surface area contributed by atoms with Crippen LogP contribution in [0, 0.1) is 0 Å². The highest BCUT2D eigenvalue weighted by atomic mass is 19.4. The second-order valence-electron chi connectivity index (χ2n) is 3.93. The van der Waals surface area contributed by atoms with Gasteiger partial charge in [-0.25, -0.2) is 0 Å². The second-order valence-corrected chi connectivity index (χ2v) is 3.93. The number of fused-ring (bicyclic) bond motifs is 1. The molecule has 1 aromatic carbocycles. The summed E-state index contributed by atoms with van der Waals surface area (Å²) >= 11 is 0. The number of hydrogen-bond donors (Lipinski definition) is 2. The Morgan fingerprint density at radius 2 is 2.12 bits per heavy atom. The SMILES string of the molecule is OCC1CCc2cc(C(F)(F)F)ccc2N1. The normalized spacial score (nSPS) is 20.1. The number of aliphatic hydroxyl groups excluding tert-OH is 1. The van der Waals surface area contributed by atoms with E-state index in [-0.39, 0.29) is 12.6 Å². The Labute approximate surface area is 91.1 Å². The topological polar surface area (TPSA) is 32.3 Å². The average molecular weight is 231 g/mol. The quantitative estimate of drug-likeness (QED) is 0.778. The number of rotatable bonds is 1. The van der Waals surface area contributed by atoms with Crippen LogP contribution < -0.4 is 5.32 Å². The summed E-state index contributed by atoms with van der Waals surface area (Å²) in [5, 5.41) is 12.0. The highest BCUT2D eigenvalue weighted by molar-refractivity contribution is 5.55. The summed E-state index contributed by atoms with van der Waals surface area (Å²) in [5.74, 6) is 0. The molecular weight excluding hydrogens is 219 g/mol. The van der Waals surface area contributed by atoms with E-state index in [1.54, 1.807) is 0 Å². The number of alkyl halides is 3. The van der Waals surface area contributed by atoms with E-state index in [9.17, 15) is 13.2 Å². The molecule has 1 aromatic rings. The van der Waals surface area contributed by atoms with E-state index < -0.39 is 11.7 Å². The number of aryl methyl sites for hydroxylation is 1. The molecule has 0 radical (unpaired) electrons. The molecule has 5 heteroatoms. The van der Waals surface area contributed by atoms with Gasteiger partial charge >= 0.3 is 6.18 Å². The number of nitrogens with one attached hydrogen (secondary N) is 1. The molecule has 0 saturated heterocycles. The van der Waals surface area contributed by atoms with Gasteiger partial charge in [0, 0.05) is 11.7 Å². The first-order valence-corrected chi connectivity index (χ1v) is 5.08. The van der Waals surface area contributed by atoms with Crippen LogP contribution in [0.1, 0.15) is 17.5 Å². The standard InChI is InChI=1S/C11H12F3NO/c12-11(13,14)8-2-4-10-7(5-8)1-3-9(6-16)15-10/h2,4-5,9,15-16H,1,3,6H2. The Hall–Kier alpha value is -1.23. The van der Waals surface area contributed by atoms with E-state index in [0.29, 0.717) is 24.1 Å². The maximum absolute atomic E-state index is 12.4. The molecule has 2 N–H and O–H groups in total. The Balaban J connectivity index is 2.28. The van der Waals surface area contributed by atoms with Gasteiger partial charge in [0.05, 0.1) is 12.2 Å². The monoisotopic (exact) mass is 231 g/mol. The molecule has 88 valence electrons. The first-order chi connectivity index (χ1) is 7.50. The zero-order valence-corrected chi connectivity index (χ0v) is 8.51. The van der Waals surface area contributed by atoms with Crippen LogP contribution in [0.5, 0.6) is 0 Å². The van der Waals surface area contributed by atoms with E-state index >= 15 is 0 Å². The van der Waals surface area contributed by atoms with Gasteiger partial charge < -0.3 is 10.4 Å². The molecule has 2 nitrogen and oxygen atoms in total. The molecule has 2 rings (SSSR count).